The summed E-state index contributed by atoms with van der Waals surface area (Å²) in [7, 11) is 0. The van der Waals surface area contributed by atoms with E-state index >= 15 is 0 Å². The summed E-state index contributed by atoms with van der Waals surface area (Å²) in [4.78, 5) is 43.6. The van der Waals surface area contributed by atoms with Crippen LogP contribution in [0.1, 0.15) is 86.8 Å². The van der Waals surface area contributed by atoms with E-state index in [1.807, 2.05) is 33.8 Å². The van der Waals surface area contributed by atoms with Crippen LogP contribution in [0.5, 0.6) is 0 Å². The molecule has 2 N–H and O–H groups in total. The predicted molar refractivity (Wildman–Crippen MR) is 155 cm³/mol. The molecule has 0 radical (unpaired) electrons. The third-order valence-corrected chi connectivity index (χ3v) is 7.50. The first kappa shape index (κ1) is 29.5. The van der Waals surface area contributed by atoms with Crippen LogP contribution in [0, 0.1) is 12.7 Å². The molecule has 9 nitrogen and oxygen atoms in total. The molecule has 0 aliphatic heterocycles. The summed E-state index contributed by atoms with van der Waals surface area (Å²) < 4.78 is 20.3. The molecular weight excluding hydrogens is 584 g/mol. The Morgan fingerprint density at radius 2 is 1.86 bits per heavy atom. The average Bonchev–Trinajstić information content (AvgIpc) is 3.51. The molecule has 1 aliphatic rings. The number of hydrogen-bond acceptors (Lipinski definition) is 6. The lowest BCUT2D eigenvalue weighted by atomic mass is 9.97. The van der Waals surface area contributed by atoms with Gasteiger partial charge in [-0.05, 0) is 81.0 Å². The van der Waals surface area contributed by atoms with Crippen LogP contribution in [0.4, 0.5) is 4.39 Å². The van der Waals surface area contributed by atoms with Crippen molar-refractivity contribution in [2.45, 2.75) is 58.7 Å². The molecule has 0 spiro atoms. The lowest BCUT2D eigenvalue weighted by Gasteiger charge is -2.21. The molecule has 42 heavy (non-hydrogen) atoms. The summed E-state index contributed by atoms with van der Waals surface area (Å²) in [6.07, 6.45) is 2.64. The van der Waals surface area contributed by atoms with Crippen molar-refractivity contribution >= 4 is 46.6 Å². The molecule has 5 rings (SSSR count). The number of benzene rings is 2. The lowest BCUT2D eigenvalue weighted by molar-refractivity contribution is 0.00683. The quantitative estimate of drug-likeness (QED) is 0.267. The van der Waals surface area contributed by atoms with Gasteiger partial charge in [0.05, 0.1) is 22.8 Å². The number of nitrogens with zero attached hydrogens (tertiary/aromatic N) is 3. The second-order valence-electron chi connectivity index (χ2n) is 11.1. The van der Waals surface area contributed by atoms with Gasteiger partial charge in [-0.3, -0.25) is 9.59 Å². The molecule has 2 heterocycles. The van der Waals surface area contributed by atoms with Gasteiger partial charge in [-0.25, -0.2) is 18.7 Å². The first-order valence-corrected chi connectivity index (χ1v) is 14.0. The van der Waals surface area contributed by atoms with Crippen molar-refractivity contribution in [3.05, 3.63) is 97.7 Å². The van der Waals surface area contributed by atoms with Crippen molar-refractivity contribution < 1.29 is 23.5 Å². The molecular formula is C30H28Cl2FN5O4. The Morgan fingerprint density at radius 3 is 2.57 bits per heavy atom. The Hall–Kier alpha value is -4.02. The lowest BCUT2D eigenvalue weighted by Crippen LogP contribution is -2.30. The number of rotatable bonds is 6. The Kier molecular flexibility index (Phi) is 7.96. The molecule has 0 bridgehead atoms. The number of halogens is 3. The van der Waals surface area contributed by atoms with Gasteiger partial charge in [0.1, 0.15) is 27.8 Å². The number of carbonyl (C=O) groups excluding carboxylic acids is 3. The molecule has 4 aromatic rings. The predicted octanol–water partition coefficient (Wildman–Crippen LogP) is 5.79. The fraction of sp³-hybridized carbons (Fsp3) is 0.300. The van der Waals surface area contributed by atoms with E-state index in [1.165, 1.54) is 35.0 Å². The van der Waals surface area contributed by atoms with Gasteiger partial charge in [-0.1, -0.05) is 35.3 Å². The van der Waals surface area contributed by atoms with E-state index in [0.29, 0.717) is 24.0 Å². The van der Waals surface area contributed by atoms with Crippen molar-refractivity contribution in [3.8, 4) is 0 Å². The van der Waals surface area contributed by atoms with Crippen molar-refractivity contribution in [3.63, 3.8) is 0 Å². The number of amides is 2. The molecule has 1 atom stereocenters. The third kappa shape index (κ3) is 5.96. The van der Waals surface area contributed by atoms with E-state index in [1.54, 1.807) is 6.07 Å². The monoisotopic (exact) mass is 611 g/mol. The normalized spacial score (nSPS) is 14.5. The zero-order chi connectivity index (χ0) is 30.3. The second kappa shape index (κ2) is 11.3. The smallest absolute Gasteiger partial charge is 0.338 e. The van der Waals surface area contributed by atoms with Crippen molar-refractivity contribution in [1.29, 1.82) is 0 Å². The standard InChI is InChI=1S/C30H28Cl2FN5O4/c1-15-17-8-10-23(19(17)7-6-18(15)29(41)42-30(2,3)4)37-28(40)25-12-24(36-26-21(32)14-35-38(25)26)27(39)34-13-16-5-9-22(33)20(31)11-16/h5-7,9,11-12,14,23H,8,10,13H2,1-4H3,(H,34,39)(H,37,40)/t23-/m0/s1. The van der Waals surface area contributed by atoms with Gasteiger partial charge in [0.15, 0.2) is 5.65 Å². The molecule has 0 saturated heterocycles. The maximum absolute atomic E-state index is 13.6. The summed E-state index contributed by atoms with van der Waals surface area (Å²) in [5.74, 6) is -2.00. The minimum absolute atomic E-state index is 0.0482. The maximum atomic E-state index is 13.6. The molecule has 12 heteroatoms. The van der Waals surface area contributed by atoms with Gasteiger partial charge >= 0.3 is 5.97 Å². The van der Waals surface area contributed by atoms with Gasteiger partial charge in [0.25, 0.3) is 11.8 Å². The van der Waals surface area contributed by atoms with Gasteiger partial charge in [-0.15, -0.1) is 0 Å². The number of ether oxygens (including phenoxy) is 1. The van der Waals surface area contributed by atoms with Gasteiger partial charge in [-0.2, -0.15) is 5.10 Å². The van der Waals surface area contributed by atoms with Crippen molar-refractivity contribution in [2.24, 2.45) is 0 Å². The van der Waals surface area contributed by atoms with Crippen LogP contribution in [0.15, 0.2) is 42.6 Å². The van der Waals surface area contributed by atoms with Crippen molar-refractivity contribution in [2.75, 3.05) is 0 Å². The SMILES string of the molecule is Cc1c(C(=O)OC(C)(C)C)ccc2c1CC[C@@H]2NC(=O)c1cc(C(=O)NCc2ccc(F)c(Cl)c2)nc2c(Cl)cnn12. The first-order chi connectivity index (χ1) is 19.8. The Balaban J connectivity index is 1.38. The van der Waals surface area contributed by atoms with Crippen LogP contribution in [-0.2, 0) is 17.7 Å². The molecule has 2 amide bonds. The highest BCUT2D eigenvalue weighted by Crippen LogP contribution is 2.35. The number of esters is 1. The number of aromatic nitrogens is 3. The molecule has 0 fully saturated rings. The van der Waals surface area contributed by atoms with Crippen LogP contribution < -0.4 is 10.6 Å². The Bertz CT molecular complexity index is 1750. The van der Waals surface area contributed by atoms with E-state index in [0.717, 1.165) is 16.7 Å². The minimum Gasteiger partial charge on any atom is -0.456 e. The number of carbonyl (C=O) groups is 3. The van der Waals surface area contributed by atoms with E-state index in [2.05, 4.69) is 20.7 Å². The van der Waals surface area contributed by atoms with Crippen LogP contribution in [0.25, 0.3) is 5.65 Å². The minimum atomic E-state index is -0.616. The highest BCUT2D eigenvalue weighted by Gasteiger charge is 2.30. The molecule has 2 aromatic heterocycles. The second-order valence-corrected chi connectivity index (χ2v) is 11.9. The largest absolute Gasteiger partial charge is 0.456 e. The van der Waals surface area contributed by atoms with Crippen LogP contribution in [0.3, 0.4) is 0 Å². The summed E-state index contributed by atoms with van der Waals surface area (Å²) >= 11 is 12.1. The van der Waals surface area contributed by atoms with Crippen LogP contribution in [0.2, 0.25) is 10.0 Å². The topological polar surface area (TPSA) is 115 Å². The number of nitrogens with one attached hydrogen (secondary N) is 2. The average molecular weight is 612 g/mol. The molecule has 0 unspecified atom stereocenters. The molecule has 1 aliphatic carbocycles. The van der Waals surface area contributed by atoms with E-state index < -0.39 is 29.2 Å². The van der Waals surface area contributed by atoms with Crippen molar-refractivity contribution in [1.82, 2.24) is 25.2 Å². The molecule has 2 aromatic carbocycles. The van der Waals surface area contributed by atoms with Gasteiger partial charge in [0, 0.05) is 12.6 Å². The van der Waals surface area contributed by atoms with E-state index in [-0.39, 0.29) is 39.7 Å². The zero-order valence-corrected chi connectivity index (χ0v) is 24.9. The van der Waals surface area contributed by atoms with Crippen LogP contribution >= 0.6 is 23.2 Å². The Labute approximate surface area is 251 Å². The van der Waals surface area contributed by atoms with Gasteiger partial charge < -0.3 is 15.4 Å². The summed E-state index contributed by atoms with van der Waals surface area (Å²) in [6, 6.07) is 8.71. The Morgan fingerprint density at radius 1 is 1.10 bits per heavy atom. The van der Waals surface area contributed by atoms with E-state index in [4.69, 9.17) is 27.9 Å². The number of fused-ring (bicyclic) bond motifs is 2. The summed E-state index contributed by atoms with van der Waals surface area (Å²) in [6.45, 7) is 7.39. The highest BCUT2D eigenvalue weighted by molar-refractivity contribution is 6.33. The molecule has 0 saturated carbocycles. The summed E-state index contributed by atoms with van der Waals surface area (Å²) in [5, 5.41) is 10.0. The van der Waals surface area contributed by atoms with E-state index in [9.17, 15) is 18.8 Å². The zero-order valence-electron chi connectivity index (χ0n) is 23.3. The summed E-state index contributed by atoms with van der Waals surface area (Å²) in [5.41, 5.74) is 3.35. The first-order valence-electron chi connectivity index (χ1n) is 13.3. The third-order valence-electron chi connectivity index (χ3n) is 6.95. The molecule has 218 valence electrons. The highest BCUT2D eigenvalue weighted by atomic mass is 35.5. The van der Waals surface area contributed by atoms with Gasteiger partial charge in [0.2, 0.25) is 0 Å². The maximum Gasteiger partial charge on any atom is 0.338 e. The fourth-order valence-electron chi connectivity index (χ4n) is 4.95. The fourth-order valence-corrected chi connectivity index (χ4v) is 5.32. The van der Waals surface area contributed by atoms with Crippen LogP contribution in [-0.4, -0.2) is 38.0 Å². The number of hydrogen-bond donors (Lipinski definition) is 2.